The van der Waals surface area contributed by atoms with Crippen LogP contribution in [-0.2, 0) is 6.42 Å². The Morgan fingerprint density at radius 2 is 1.90 bits per heavy atom. The van der Waals surface area contributed by atoms with Crippen molar-refractivity contribution in [3.05, 3.63) is 64.1 Å². The summed E-state index contributed by atoms with van der Waals surface area (Å²) in [5, 5.41) is 11.2. The summed E-state index contributed by atoms with van der Waals surface area (Å²) < 4.78 is 0. The topological polar surface area (TPSA) is 66.0 Å². The normalized spacial score (nSPS) is 11.0. The molecule has 3 aromatic rings. The minimum absolute atomic E-state index is 0.0563. The van der Waals surface area contributed by atoms with Gasteiger partial charge < -0.3 is 10.1 Å². The van der Waals surface area contributed by atoms with Gasteiger partial charge in [0.2, 0.25) is 0 Å². The molecule has 0 amide bonds. The molecular formula is C17H16N2O2. The molecule has 4 heteroatoms. The van der Waals surface area contributed by atoms with Crippen LogP contribution in [0.4, 0.5) is 0 Å². The van der Waals surface area contributed by atoms with Gasteiger partial charge in [-0.05, 0) is 17.7 Å². The highest BCUT2D eigenvalue weighted by Gasteiger charge is 2.11. The molecule has 4 nitrogen and oxygen atoms in total. The molecule has 0 fully saturated rings. The van der Waals surface area contributed by atoms with Crippen LogP contribution in [0.5, 0.6) is 0 Å². The largest absolute Gasteiger partial charge is 0.396 e. The molecular weight excluding hydrogens is 264 g/mol. The molecule has 2 N–H and O–H groups in total. The highest BCUT2D eigenvalue weighted by Crippen LogP contribution is 2.25. The number of nitrogens with zero attached hydrogens (tertiary/aromatic N) is 1. The number of hydrogen-bond acceptors (Lipinski definition) is 3. The molecule has 0 radical (unpaired) electrons. The lowest BCUT2D eigenvalue weighted by Crippen LogP contribution is -2.18. The molecule has 3 rings (SSSR count). The van der Waals surface area contributed by atoms with Crippen LogP contribution in [0.15, 0.2) is 47.3 Å². The molecule has 0 spiro atoms. The van der Waals surface area contributed by atoms with E-state index in [0.29, 0.717) is 23.5 Å². The molecule has 0 aliphatic carbocycles. The molecule has 0 aliphatic rings. The lowest BCUT2D eigenvalue weighted by atomic mass is 10.0. The Balaban J connectivity index is 2.22. The Kier molecular flexibility index (Phi) is 3.54. The van der Waals surface area contributed by atoms with Crippen LogP contribution in [-0.4, -0.2) is 21.7 Å². The van der Waals surface area contributed by atoms with Crippen molar-refractivity contribution in [2.75, 3.05) is 6.61 Å². The van der Waals surface area contributed by atoms with Crippen molar-refractivity contribution in [3.63, 3.8) is 0 Å². The fraction of sp³-hybridized carbons (Fsp3) is 0.176. The summed E-state index contributed by atoms with van der Waals surface area (Å²) in [6.07, 6.45) is 0.323. The monoisotopic (exact) mass is 280 g/mol. The van der Waals surface area contributed by atoms with Gasteiger partial charge >= 0.3 is 0 Å². The maximum atomic E-state index is 12.2. The van der Waals surface area contributed by atoms with E-state index in [1.807, 2.05) is 42.5 Å². The minimum Gasteiger partial charge on any atom is -0.396 e. The van der Waals surface area contributed by atoms with Gasteiger partial charge in [-0.15, -0.1) is 0 Å². The van der Waals surface area contributed by atoms with Crippen molar-refractivity contribution in [1.82, 2.24) is 9.97 Å². The molecule has 2 aromatic carbocycles. The Morgan fingerprint density at radius 1 is 1.14 bits per heavy atom. The maximum absolute atomic E-state index is 12.2. The molecule has 1 heterocycles. The van der Waals surface area contributed by atoms with Gasteiger partial charge in [0.25, 0.3) is 5.56 Å². The first-order chi connectivity index (χ1) is 10.2. The van der Waals surface area contributed by atoms with Crippen LogP contribution in [0, 0.1) is 6.92 Å². The lowest BCUT2D eigenvalue weighted by molar-refractivity contribution is 0.298. The first kappa shape index (κ1) is 13.5. The second-order valence-electron chi connectivity index (χ2n) is 4.98. The van der Waals surface area contributed by atoms with E-state index < -0.39 is 0 Å². The fourth-order valence-electron chi connectivity index (χ4n) is 2.58. The third-order valence-electron chi connectivity index (χ3n) is 3.63. The van der Waals surface area contributed by atoms with Crippen molar-refractivity contribution in [3.8, 4) is 11.4 Å². The zero-order valence-corrected chi connectivity index (χ0v) is 11.8. The first-order valence-electron chi connectivity index (χ1n) is 6.89. The van der Waals surface area contributed by atoms with Crippen molar-refractivity contribution >= 4 is 10.8 Å². The van der Waals surface area contributed by atoms with Gasteiger partial charge in [-0.1, -0.05) is 42.5 Å². The number of aryl methyl sites for hydroxylation is 1. The maximum Gasteiger partial charge on any atom is 0.254 e. The van der Waals surface area contributed by atoms with E-state index in [1.165, 1.54) is 0 Å². The number of aliphatic hydroxyl groups excluding tert-OH is 1. The Morgan fingerprint density at radius 3 is 2.67 bits per heavy atom. The zero-order chi connectivity index (χ0) is 14.8. The predicted octanol–water partition coefficient (Wildman–Crippen LogP) is 2.43. The van der Waals surface area contributed by atoms with Crippen molar-refractivity contribution in [2.24, 2.45) is 0 Å². The highest BCUT2D eigenvalue weighted by atomic mass is 16.3. The van der Waals surface area contributed by atoms with Gasteiger partial charge in [0.05, 0.1) is 0 Å². The number of aromatic nitrogens is 2. The summed E-state index contributed by atoms with van der Waals surface area (Å²) in [7, 11) is 0. The quantitative estimate of drug-likeness (QED) is 0.774. The van der Waals surface area contributed by atoms with E-state index >= 15 is 0 Å². The highest BCUT2D eigenvalue weighted by molar-refractivity contribution is 5.94. The van der Waals surface area contributed by atoms with Crippen LogP contribution in [0.2, 0.25) is 0 Å². The van der Waals surface area contributed by atoms with E-state index in [9.17, 15) is 4.79 Å². The summed E-state index contributed by atoms with van der Waals surface area (Å²) in [6, 6.07) is 13.9. The van der Waals surface area contributed by atoms with Gasteiger partial charge in [-0.25, -0.2) is 4.98 Å². The van der Waals surface area contributed by atoms with Crippen LogP contribution < -0.4 is 5.56 Å². The third kappa shape index (κ3) is 2.45. The lowest BCUT2D eigenvalue weighted by Gasteiger charge is -2.09. The van der Waals surface area contributed by atoms with Gasteiger partial charge in [-0.2, -0.15) is 0 Å². The number of aliphatic hydroxyl groups is 1. The standard InChI is InChI=1S/C17H16N2O2/c1-11-13(9-10-20)17(21)19-16(18-11)15-8-4-6-12-5-2-3-7-14(12)15/h2-8,20H,9-10H2,1H3,(H,18,19,21). The number of H-pyrrole nitrogens is 1. The van der Waals surface area contributed by atoms with Crippen molar-refractivity contribution < 1.29 is 5.11 Å². The van der Waals surface area contributed by atoms with Crippen LogP contribution in [0.25, 0.3) is 22.2 Å². The van der Waals surface area contributed by atoms with Crippen LogP contribution in [0.3, 0.4) is 0 Å². The fourth-order valence-corrected chi connectivity index (χ4v) is 2.58. The van der Waals surface area contributed by atoms with Gasteiger partial charge in [0.1, 0.15) is 5.82 Å². The predicted molar refractivity (Wildman–Crippen MR) is 83.3 cm³/mol. The number of hydrogen-bond donors (Lipinski definition) is 2. The average Bonchev–Trinajstić information content (AvgIpc) is 2.50. The second kappa shape index (κ2) is 5.50. The number of rotatable bonds is 3. The van der Waals surface area contributed by atoms with E-state index in [0.717, 1.165) is 16.3 Å². The summed E-state index contributed by atoms with van der Waals surface area (Å²) in [5.74, 6) is 0.566. The molecule has 21 heavy (non-hydrogen) atoms. The SMILES string of the molecule is Cc1nc(-c2cccc3ccccc23)[nH]c(=O)c1CCO. The Hall–Kier alpha value is -2.46. The average molecular weight is 280 g/mol. The Labute approximate surface area is 122 Å². The third-order valence-corrected chi connectivity index (χ3v) is 3.63. The van der Waals surface area contributed by atoms with E-state index in [1.54, 1.807) is 6.92 Å². The summed E-state index contributed by atoms with van der Waals surface area (Å²) in [4.78, 5) is 19.5. The molecule has 0 saturated carbocycles. The number of aromatic amines is 1. The van der Waals surface area contributed by atoms with E-state index in [4.69, 9.17) is 5.11 Å². The van der Waals surface area contributed by atoms with Crippen molar-refractivity contribution in [2.45, 2.75) is 13.3 Å². The zero-order valence-electron chi connectivity index (χ0n) is 11.8. The number of fused-ring (bicyclic) bond motifs is 1. The number of nitrogens with one attached hydrogen (secondary N) is 1. The molecule has 0 unspecified atom stereocenters. The molecule has 0 atom stereocenters. The summed E-state index contributed by atoms with van der Waals surface area (Å²) >= 11 is 0. The molecule has 106 valence electrons. The van der Waals surface area contributed by atoms with E-state index in [-0.39, 0.29) is 12.2 Å². The second-order valence-corrected chi connectivity index (χ2v) is 4.98. The smallest absolute Gasteiger partial charge is 0.254 e. The molecule has 1 aromatic heterocycles. The summed E-state index contributed by atoms with van der Waals surface area (Å²) in [6.45, 7) is 1.74. The van der Waals surface area contributed by atoms with Crippen molar-refractivity contribution in [1.29, 1.82) is 0 Å². The van der Waals surface area contributed by atoms with Gasteiger partial charge in [0.15, 0.2) is 0 Å². The molecule has 0 saturated heterocycles. The van der Waals surface area contributed by atoms with E-state index in [2.05, 4.69) is 9.97 Å². The molecule has 0 aliphatic heterocycles. The summed E-state index contributed by atoms with van der Waals surface area (Å²) in [5.41, 5.74) is 1.93. The van der Waals surface area contributed by atoms with Gasteiger partial charge in [-0.3, -0.25) is 4.79 Å². The van der Waals surface area contributed by atoms with Gasteiger partial charge in [0, 0.05) is 29.8 Å². The number of benzene rings is 2. The first-order valence-corrected chi connectivity index (χ1v) is 6.89. The van der Waals surface area contributed by atoms with Crippen LogP contribution >= 0.6 is 0 Å². The molecule has 0 bridgehead atoms. The Bertz CT molecular complexity index is 848. The van der Waals surface area contributed by atoms with Crippen LogP contribution in [0.1, 0.15) is 11.3 Å². The minimum atomic E-state index is -0.181.